The molecule has 1 aliphatic heterocycles. The molecule has 0 spiro atoms. The third-order valence-electron chi connectivity index (χ3n) is 5.94. The molecule has 2 unspecified atom stereocenters. The number of likely N-dealkylation sites (tertiary alicyclic amines) is 1. The highest BCUT2D eigenvalue weighted by Gasteiger charge is 2.30. The highest BCUT2D eigenvalue weighted by Crippen LogP contribution is 2.27. The number of likely N-dealkylation sites (N-methyl/N-ethyl adjacent to an activating group) is 1. The molecule has 1 saturated heterocycles. The van der Waals surface area contributed by atoms with Crippen LogP contribution in [0.1, 0.15) is 37.6 Å². The lowest BCUT2D eigenvalue weighted by Crippen LogP contribution is -2.38. The minimum atomic E-state index is -0.0117. The van der Waals surface area contributed by atoms with Gasteiger partial charge in [-0.3, -0.25) is 19.0 Å². The minimum Gasteiger partial charge on any atom is -0.295 e. The van der Waals surface area contributed by atoms with Gasteiger partial charge in [-0.1, -0.05) is 43.3 Å². The van der Waals surface area contributed by atoms with Gasteiger partial charge >= 0.3 is 0 Å². The average molecular weight is 377 g/mol. The number of fused-ring (bicyclic) bond motifs is 1. The van der Waals surface area contributed by atoms with Crippen LogP contribution in [0.25, 0.3) is 5.65 Å². The zero-order valence-corrected chi connectivity index (χ0v) is 16.7. The molecule has 146 valence electrons. The van der Waals surface area contributed by atoms with Gasteiger partial charge in [0.2, 0.25) is 0 Å². The summed E-state index contributed by atoms with van der Waals surface area (Å²) in [6.07, 6.45) is 2.92. The average Bonchev–Trinajstić information content (AvgIpc) is 3.22. The molecule has 3 aromatic rings. The van der Waals surface area contributed by atoms with Crippen molar-refractivity contribution in [3.8, 4) is 0 Å². The Labute approximate surface area is 166 Å². The second kappa shape index (κ2) is 8.25. The standard InChI is InChI=1S/C23H28N4O/c1-3-25(16-20-15-23(28)27-13-8-7-11-22(27)24-20)21-12-14-26(17-21)18(2)19-9-5-4-6-10-19/h4-11,13,15,18,21H,3,12,14,16-17H2,1-2H3. The SMILES string of the molecule is CCN(Cc1cc(=O)n2ccccc2n1)C1CCN(C(C)c2ccccc2)C1. The van der Waals surface area contributed by atoms with E-state index in [1.165, 1.54) is 5.56 Å². The molecule has 0 saturated carbocycles. The van der Waals surface area contributed by atoms with Gasteiger partial charge in [-0.05, 0) is 37.6 Å². The van der Waals surface area contributed by atoms with E-state index in [-0.39, 0.29) is 5.56 Å². The van der Waals surface area contributed by atoms with E-state index >= 15 is 0 Å². The Bertz CT molecular complexity index is 985. The van der Waals surface area contributed by atoms with Crippen molar-refractivity contribution in [2.24, 2.45) is 0 Å². The quantitative estimate of drug-likeness (QED) is 0.662. The summed E-state index contributed by atoms with van der Waals surface area (Å²) in [5, 5.41) is 0. The summed E-state index contributed by atoms with van der Waals surface area (Å²) in [7, 11) is 0. The summed E-state index contributed by atoms with van der Waals surface area (Å²) in [5.74, 6) is 0. The number of nitrogens with zero attached hydrogens (tertiary/aromatic N) is 4. The second-order valence-electron chi connectivity index (χ2n) is 7.60. The maximum Gasteiger partial charge on any atom is 0.258 e. The Kier molecular flexibility index (Phi) is 5.55. The lowest BCUT2D eigenvalue weighted by atomic mass is 10.1. The zero-order chi connectivity index (χ0) is 19.5. The second-order valence-corrected chi connectivity index (χ2v) is 7.60. The van der Waals surface area contributed by atoms with Gasteiger partial charge in [0.05, 0.1) is 5.69 Å². The number of benzene rings is 1. The van der Waals surface area contributed by atoms with Crippen LogP contribution in [0.3, 0.4) is 0 Å². The van der Waals surface area contributed by atoms with Gasteiger partial charge < -0.3 is 0 Å². The van der Waals surface area contributed by atoms with Gasteiger partial charge in [-0.15, -0.1) is 0 Å². The van der Waals surface area contributed by atoms with Gasteiger partial charge in [0, 0.05) is 44.0 Å². The molecule has 1 aromatic carbocycles. The first-order valence-electron chi connectivity index (χ1n) is 10.2. The maximum absolute atomic E-state index is 12.4. The van der Waals surface area contributed by atoms with E-state index in [0.717, 1.165) is 38.3 Å². The largest absolute Gasteiger partial charge is 0.295 e. The summed E-state index contributed by atoms with van der Waals surface area (Å²) in [6.45, 7) is 8.31. The molecule has 0 bridgehead atoms. The van der Waals surface area contributed by atoms with Crippen molar-refractivity contribution in [1.82, 2.24) is 19.2 Å². The monoisotopic (exact) mass is 376 g/mol. The molecule has 1 fully saturated rings. The molecule has 0 radical (unpaired) electrons. The zero-order valence-electron chi connectivity index (χ0n) is 16.7. The van der Waals surface area contributed by atoms with Crippen LogP contribution < -0.4 is 5.56 Å². The van der Waals surface area contributed by atoms with Crippen LogP contribution in [0.15, 0.2) is 65.6 Å². The molecule has 0 N–H and O–H groups in total. The van der Waals surface area contributed by atoms with Gasteiger partial charge in [0.25, 0.3) is 5.56 Å². The van der Waals surface area contributed by atoms with Crippen LogP contribution in [0.2, 0.25) is 0 Å². The summed E-state index contributed by atoms with van der Waals surface area (Å²) in [4.78, 5) is 22.1. The van der Waals surface area contributed by atoms with Crippen molar-refractivity contribution >= 4 is 5.65 Å². The van der Waals surface area contributed by atoms with Crippen LogP contribution >= 0.6 is 0 Å². The number of rotatable bonds is 6. The molecule has 1 aliphatic rings. The summed E-state index contributed by atoms with van der Waals surface area (Å²) < 4.78 is 1.60. The predicted molar refractivity (Wildman–Crippen MR) is 112 cm³/mol. The smallest absolute Gasteiger partial charge is 0.258 e. The van der Waals surface area contributed by atoms with Gasteiger partial charge in [0.15, 0.2) is 0 Å². The molecule has 2 atom stereocenters. The van der Waals surface area contributed by atoms with Gasteiger partial charge in [-0.25, -0.2) is 4.98 Å². The maximum atomic E-state index is 12.4. The van der Waals surface area contributed by atoms with E-state index in [1.807, 2.05) is 18.2 Å². The number of pyridine rings is 1. The third kappa shape index (κ3) is 3.86. The summed E-state index contributed by atoms with van der Waals surface area (Å²) in [5.41, 5.74) is 2.93. The summed E-state index contributed by atoms with van der Waals surface area (Å²) in [6, 6.07) is 19.0. The lowest BCUT2D eigenvalue weighted by molar-refractivity contribution is 0.178. The van der Waals surface area contributed by atoms with Crippen molar-refractivity contribution in [3.05, 3.63) is 82.4 Å². The molecule has 5 heteroatoms. The fraction of sp³-hybridized carbons (Fsp3) is 0.391. The fourth-order valence-corrected chi connectivity index (χ4v) is 4.25. The van der Waals surface area contributed by atoms with E-state index in [4.69, 9.17) is 4.98 Å². The van der Waals surface area contributed by atoms with E-state index in [2.05, 4.69) is 54.0 Å². The molecule has 2 aromatic heterocycles. The number of hydrogen-bond donors (Lipinski definition) is 0. The van der Waals surface area contributed by atoms with E-state index in [0.29, 0.717) is 17.7 Å². The Morgan fingerprint density at radius 3 is 2.75 bits per heavy atom. The first-order chi connectivity index (χ1) is 13.7. The lowest BCUT2D eigenvalue weighted by Gasteiger charge is -2.29. The number of hydrogen-bond acceptors (Lipinski definition) is 4. The van der Waals surface area contributed by atoms with E-state index in [1.54, 1.807) is 16.7 Å². The van der Waals surface area contributed by atoms with Gasteiger partial charge in [0.1, 0.15) is 5.65 Å². The van der Waals surface area contributed by atoms with Crippen LogP contribution in [0.4, 0.5) is 0 Å². The van der Waals surface area contributed by atoms with Crippen molar-refractivity contribution in [3.63, 3.8) is 0 Å². The molecular weight excluding hydrogens is 348 g/mol. The Balaban J connectivity index is 1.47. The molecule has 28 heavy (non-hydrogen) atoms. The first kappa shape index (κ1) is 18.8. The van der Waals surface area contributed by atoms with Crippen molar-refractivity contribution in [1.29, 1.82) is 0 Å². The van der Waals surface area contributed by atoms with Crippen LogP contribution in [-0.2, 0) is 6.54 Å². The first-order valence-corrected chi connectivity index (χ1v) is 10.2. The third-order valence-corrected chi connectivity index (χ3v) is 5.94. The highest BCUT2D eigenvalue weighted by molar-refractivity contribution is 5.38. The molecule has 0 aliphatic carbocycles. The van der Waals surface area contributed by atoms with Gasteiger partial charge in [-0.2, -0.15) is 0 Å². The van der Waals surface area contributed by atoms with Crippen LogP contribution in [-0.4, -0.2) is 44.9 Å². The molecule has 4 rings (SSSR count). The van der Waals surface area contributed by atoms with Crippen LogP contribution in [0.5, 0.6) is 0 Å². The van der Waals surface area contributed by atoms with Crippen molar-refractivity contribution in [2.45, 2.75) is 38.9 Å². The Morgan fingerprint density at radius 2 is 1.96 bits per heavy atom. The van der Waals surface area contributed by atoms with E-state index < -0.39 is 0 Å². The number of aromatic nitrogens is 2. The molecule has 0 amide bonds. The molecule has 3 heterocycles. The Morgan fingerprint density at radius 1 is 1.18 bits per heavy atom. The molecular formula is C23H28N4O. The highest BCUT2D eigenvalue weighted by atomic mass is 16.1. The Hall–Kier alpha value is -2.50. The fourth-order valence-electron chi connectivity index (χ4n) is 4.25. The minimum absolute atomic E-state index is 0.0117. The van der Waals surface area contributed by atoms with Crippen molar-refractivity contribution < 1.29 is 0 Å². The van der Waals surface area contributed by atoms with Crippen LogP contribution in [0, 0.1) is 0 Å². The summed E-state index contributed by atoms with van der Waals surface area (Å²) >= 11 is 0. The van der Waals surface area contributed by atoms with Crippen molar-refractivity contribution in [2.75, 3.05) is 19.6 Å². The predicted octanol–water partition coefficient (Wildman–Crippen LogP) is 3.35. The normalized spacial score (nSPS) is 18.8. The molecule has 5 nitrogen and oxygen atoms in total. The van der Waals surface area contributed by atoms with E-state index in [9.17, 15) is 4.79 Å². The topological polar surface area (TPSA) is 40.9 Å².